The van der Waals surface area contributed by atoms with Gasteiger partial charge in [-0.1, -0.05) is 6.92 Å². The largest absolute Gasteiger partial charge is 0.296 e. The molecule has 1 aliphatic rings. The van der Waals surface area contributed by atoms with Crippen molar-refractivity contribution in [1.29, 1.82) is 0 Å². The average Bonchev–Trinajstić information content (AvgIpc) is 2.57. The van der Waals surface area contributed by atoms with E-state index < -0.39 is 0 Å². The molecule has 13 heavy (non-hydrogen) atoms. The average molecular weight is 214 g/mol. The zero-order valence-electron chi connectivity index (χ0n) is 7.77. The second kappa shape index (κ2) is 4.44. The van der Waals surface area contributed by atoms with Crippen LogP contribution in [0.15, 0.2) is 10.9 Å². The molecule has 72 valence electrons. The van der Waals surface area contributed by atoms with Crippen molar-refractivity contribution < 1.29 is 0 Å². The molecule has 0 radical (unpaired) electrons. The minimum Gasteiger partial charge on any atom is -0.296 e. The summed E-state index contributed by atoms with van der Waals surface area (Å²) in [4.78, 5) is 6.80. The molecular formula is C9H14N2S2. The maximum Gasteiger partial charge on any atom is 0.0795 e. The summed E-state index contributed by atoms with van der Waals surface area (Å²) in [6.45, 7) is 5.76. The summed E-state index contributed by atoms with van der Waals surface area (Å²) in [6, 6.07) is 0. The number of hydrogen-bond donors (Lipinski definition) is 0. The third kappa shape index (κ3) is 2.69. The second-order valence-electron chi connectivity index (χ2n) is 3.40. The lowest BCUT2D eigenvalue weighted by atomic mass is 10.3. The fourth-order valence-corrected chi connectivity index (χ4v) is 3.21. The van der Waals surface area contributed by atoms with Gasteiger partial charge in [-0.2, -0.15) is 11.8 Å². The van der Waals surface area contributed by atoms with Gasteiger partial charge >= 0.3 is 0 Å². The van der Waals surface area contributed by atoms with Crippen molar-refractivity contribution in [3.8, 4) is 0 Å². The third-order valence-electron chi connectivity index (χ3n) is 2.19. The van der Waals surface area contributed by atoms with Crippen LogP contribution in [0.4, 0.5) is 0 Å². The second-order valence-corrected chi connectivity index (χ2v) is 5.66. The Hall–Kier alpha value is -0.0600. The first kappa shape index (κ1) is 9.49. The van der Waals surface area contributed by atoms with Gasteiger partial charge in [-0.05, 0) is 0 Å². The highest BCUT2D eigenvalue weighted by atomic mass is 32.2. The van der Waals surface area contributed by atoms with E-state index in [0.29, 0.717) is 0 Å². The van der Waals surface area contributed by atoms with E-state index >= 15 is 0 Å². The summed E-state index contributed by atoms with van der Waals surface area (Å²) >= 11 is 3.76. The molecule has 0 saturated carbocycles. The van der Waals surface area contributed by atoms with Gasteiger partial charge in [-0.25, -0.2) is 4.98 Å². The monoisotopic (exact) mass is 214 g/mol. The van der Waals surface area contributed by atoms with Crippen LogP contribution in [0.2, 0.25) is 0 Å². The number of thiazole rings is 1. The van der Waals surface area contributed by atoms with E-state index in [2.05, 4.69) is 33.9 Å². The Balaban J connectivity index is 1.87. The van der Waals surface area contributed by atoms with Gasteiger partial charge in [-0.15, -0.1) is 11.3 Å². The molecule has 1 saturated heterocycles. The summed E-state index contributed by atoms with van der Waals surface area (Å²) < 4.78 is 0. The van der Waals surface area contributed by atoms with Crippen LogP contribution < -0.4 is 0 Å². The van der Waals surface area contributed by atoms with E-state index in [1.165, 1.54) is 24.5 Å². The smallest absolute Gasteiger partial charge is 0.0795 e. The van der Waals surface area contributed by atoms with Crippen LogP contribution in [0.25, 0.3) is 0 Å². The molecule has 0 amide bonds. The molecule has 1 aromatic heterocycles. The number of hydrogen-bond acceptors (Lipinski definition) is 4. The van der Waals surface area contributed by atoms with Crippen LogP contribution in [0.5, 0.6) is 0 Å². The molecule has 1 aromatic rings. The molecule has 0 aromatic carbocycles. The van der Waals surface area contributed by atoms with Crippen molar-refractivity contribution in [3.63, 3.8) is 0 Å². The zero-order valence-corrected chi connectivity index (χ0v) is 9.40. The summed E-state index contributed by atoms with van der Waals surface area (Å²) in [5.41, 5.74) is 3.14. The van der Waals surface area contributed by atoms with Crippen molar-refractivity contribution in [2.45, 2.75) is 18.7 Å². The quantitative estimate of drug-likeness (QED) is 0.750. The van der Waals surface area contributed by atoms with Crippen LogP contribution in [-0.4, -0.2) is 34.0 Å². The van der Waals surface area contributed by atoms with E-state index in [1.54, 1.807) is 11.3 Å². The van der Waals surface area contributed by atoms with Gasteiger partial charge in [0, 0.05) is 36.0 Å². The van der Waals surface area contributed by atoms with Crippen LogP contribution >= 0.6 is 23.1 Å². The number of aromatic nitrogens is 1. The van der Waals surface area contributed by atoms with E-state index in [0.717, 1.165) is 11.8 Å². The third-order valence-corrected chi connectivity index (χ3v) is 3.97. The van der Waals surface area contributed by atoms with E-state index in [-0.39, 0.29) is 0 Å². The Kier molecular flexibility index (Phi) is 3.24. The minimum absolute atomic E-state index is 0.785. The maximum absolute atomic E-state index is 4.31. The molecule has 0 aliphatic carbocycles. The van der Waals surface area contributed by atoms with Crippen molar-refractivity contribution in [3.05, 3.63) is 16.6 Å². The lowest BCUT2D eigenvalue weighted by Crippen LogP contribution is -2.36. The Labute approximate surface area is 87.4 Å². The Morgan fingerprint density at radius 3 is 3.31 bits per heavy atom. The Morgan fingerprint density at radius 1 is 1.69 bits per heavy atom. The van der Waals surface area contributed by atoms with E-state index in [9.17, 15) is 0 Å². The molecule has 1 aliphatic heterocycles. The van der Waals surface area contributed by atoms with Gasteiger partial charge in [-0.3, -0.25) is 4.90 Å². The standard InChI is InChI=1S/C9H14N2S2/c1-8-4-11(2-3-13-8)5-9-6-12-7-10-9/h6-8H,2-5H2,1H3. The van der Waals surface area contributed by atoms with Crippen molar-refractivity contribution in [2.24, 2.45) is 0 Å². The summed E-state index contributed by atoms with van der Waals surface area (Å²) in [5.74, 6) is 1.27. The first-order valence-corrected chi connectivity index (χ1v) is 6.55. The van der Waals surface area contributed by atoms with Crippen LogP contribution in [0, 0.1) is 0 Å². The molecule has 2 heterocycles. The SMILES string of the molecule is CC1CN(Cc2cscn2)CCS1. The molecule has 2 nitrogen and oxygen atoms in total. The molecule has 1 unspecified atom stereocenters. The van der Waals surface area contributed by atoms with Gasteiger partial charge < -0.3 is 0 Å². The topological polar surface area (TPSA) is 16.1 Å². The highest BCUT2D eigenvalue weighted by Crippen LogP contribution is 2.19. The molecule has 0 N–H and O–H groups in total. The van der Waals surface area contributed by atoms with Crippen molar-refractivity contribution >= 4 is 23.1 Å². The first-order valence-electron chi connectivity index (χ1n) is 4.55. The Morgan fingerprint density at radius 2 is 2.62 bits per heavy atom. The maximum atomic E-state index is 4.31. The van der Waals surface area contributed by atoms with E-state index in [4.69, 9.17) is 0 Å². The lowest BCUT2D eigenvalue weighted by molar-refractivity contribution is 0.276. The highest BCUT2D eigenvalue weighted by molar-refractivity contribution is 7.99. The highest BCUT2D eigenvalue weighted by Gasteiger charge is 2.16. The predicted octanol–water partition coefficient (Wildman–Crippen LogP) is 2.08. The number of nitrogens with zero attached hydrogens (tertiary/aromatic N) is 2. The van der Waals surface area contributed by atoms with Gasteiger partial charge in [0.25, 0.3) is 0 Å². The molecular weight excluding hydrogens is 200 g/mol. The van der Waals surface area contributed by atoms with Gasteiger partial charge in [0.15, 0.2) is 0 Å². The van der Waals surface area contributed by atoms with Gasteiger partial charge in [0.2, 0.25) is 0 Å². The van der Waals surface area contributed by atoms with Crippen molar-refractivity contribution in [1.82, 2.24) is 9.88 Å². The fourth-order valence-electron chi connectivity index (χ4n) is 1.58. The normalized spacial score (nSPS) is 24.8. The molecule has 4 heteroatoms. The van der Waals surface area contributed by atoms with Crippen LogP contribution in [0.1, 0.15) is 12.6 Å². The minimum atomic E-state index is 0.785. The van der Waals surface area contributed by atoms with Crippen LogP contribution in [0.3, 0.4) is 0 Å². The number of thioether (sulfide) groups is 1. The lowest BCUT2D eigenvalue weighted by Gasteiger charge is -2.29. The summed E-state index contributed by atoms with van der Waals surface area (Å²) in [7, 11) is 0. The van der Waals surface area contributed by atoms with E-state index in [1.807, 2.05) is 5.51 Å². The number of rotatable bonds is 2. The molecule has 0 spiro atoms. The molecule has 0 bridgehead atoms. The molecule has 1 fully saturated rings. The van der Waals surface area contributed by atoms with Crippen molar-refractivity contribution in [2.75, 3.05) is 18.8 Å². The zero-order chi connectivity index (χ0) is 9.10. The fraction of sp³-hybridized carbons (Fsp3) is 0.667. The predicted molar refractivity (Wildman–Crippen MR) is 59.3 cm³/mol. The Bertz CT molecular complexity index is 248. The first-order chi connectivity index (χ1) is 6.34. The van der Waals surface area contributed by atoms with Crippen LogP contribution in [-0.2, 0) is 6.54 Å². The molecule has 1 atom stereocenters. The van der Waals surface area contributed by atoms with Gasteiger partial charge in [0.05, 0.1) is 11.2 Å². The molecule has 2 rings (SSSR count). The summed E-state index contributed by atoms with van der Waals surface area (Å²) in [6.07, 6.45) is 0. The van der Waals surface area contributed by atoms with Gasteiger partial charge in [0.1, 0.15) is 0 Å². The summed E-state index contributed by atoms with van der Waals surface area (Å²) in [5, 5.41) is 2.93.